The first-order valence-corrected chi connectivity index (χ1v) is 12.9. The van der Waals surface area contributed by atoms with Gasteiger partial charge in [-0.15, -0.1) is 0 Å². The van der Waals surface area contributed by atoms with Gasteiger partial charge in [-0.25, -0.2) is 0 Å². The van der Waals surface area contributed by atoms with Crippen LogP contribution in [0.1, 0.15) is 31.9 Å². The normalized spacial score (nSPS) is 31.5. The van der Waals surface area contributed by atoms with Gasteiger partial charge >= 0.3 is 0 Å². The van der Waals surface area contributed by atoms with E-state index >= 15 is 0 Å². The highest BCUT2D eigenvalue weighted by atomic mass is 35.5. The average molecular weight is 516 g/mol. The molecule has 0 saturated carbocycles. The number of ether oxygens (including phenoxy) is 2. The van der Waals surface area contributed by atoms with E-state index in [-0.39, 0.29) is 30.2 Å². The zero-order chi connectivity index (χ0) is 25.5. The minimum absolute atomic E-state index is 0.0418. The fourth-order valence-electron chi connectivity index (χ4n) is 6.30. The number of para-hydroxylation sites is 1. The minimum atomic E-state index is -0.645. The van der Waals surface area contributed by atoms with Crippen LogP contribution in [0.3, 0.4) is 0 Å². The van der Waals surface area contributed by atoms with Gasteiger partial charge in [-0.1, -0.05) is 66.3 Å². The summed E-state index contributed by atoms with van der Waals surface area (Å²) in [5, 5.41) is 7.11. The molecule has 2 N–H and O–H groups in total. The lowest BCUT2D eigenvalue weighted by Gasteiger charge is -2.27. The smallest absolute Gasteiger partial charge is 0.259 e. The van der Waals surface area contributed by atoms with Crippen molar-refractivity contribution >= 4 is 39.9 Å². The highest BCUT2D eigenvalue weighted by Crippen LogP contribution is 2.46. The van der Waals surface area contributed by atoms with Gasteiger partial charge in [0.1, 0.15) is 11.3 Å². The summed E-state index contributed by atoms with van der Waals surface area (Å²) < 4.78 is 14.2. The SMILES string of the molecule is CC1(C)O[C@H]2C=CC(n3c(Cl)c(C4=C(C5=CNC6C=CC=CC56)C(=O)NC4=O)c4ccccc43)C[C@H]2O1. The maximum Gasteiger partial charge on any atom is 0.259 e. The molecule has 7 nitrogen and oxygen atoms in total. The van der Waals surface area contributed by atoms with Crippen LogP contribution in [0.15, 0.2) is 78.1 Å². The minimum Gasteiger partial charge on any atom is -0.383 e. The van der Waals surface area contributed by atoms with E-state index in [4.69, 9.17) is 21.1 Å². The number of halogens is 1. The molecule has 2 aliphatic carbocycles. The zero-order valence-electron chi connectivity index (χ0n) is 20.4. The quantitative estimate of drug-likeness (QED) is 0.470. The van der Waals surface area contributed by atoms with E-state index in [2.05, 4.69) is 28.9 Å². The third kappa shape index (κ3) is 3.41. The Labute approximate surface area is 219 Å². The third-order valence-corrected chi connectivity index (χ3v) is 8.17. The van der Waals surface area contributed by atoms with Crippen molar-refractivity contribution in [1.29, 1.82) is 0 Å². The highest BCUT2D eigenvalue weighted by molar-refractivity contribution is 6.43. The second kappa shape index (κ2) is 8.05. The average Bonchev–Trinajstić information content (AvgIpc) is 3.57. The first kappa shape index (κ1) is 22.8. The maximum atomic E-state index is 13.3. The molecule has 2 aromatic rings. The van der Waals surface area contributed by atoms with Crippen LogP contribution in [0.2, 0.25) is 5.15 Å². The number of hydrogen-bond donors (Lipinski definition) is 2. The first-order chi connectivity index (χ1) is 17.8. The van der Waals surface area contributed by atoms with Crippen LogP contribution < -0.4 is 10.6 Å². The molecule has 1 fully saturated rings. The number of carbonyl (C=O) groups excluding carboxylic acids is 2. The lowest BCUT2D eigenvalue weighted by molar-refractivity contribution is -0.143. The summed E-state index contributed by atoms with van der Waals surface area (Å²) in [7, 11) is 0. The zero-order valence-corrected chi connectivity index (χ0v) is 21.2. The summed E-state index contributed by atoms with van der Waals surface area (Å²) in [4.78, 5) is 26.5. The number of carbonyl (C=O) groups is 2. The van der Waals surface area contributed by atoms with Crippen molar-refractivity contribution in [2.24, 2.45) is 5.92 Å². The molecule has 3 aliphatic heterocycles. The number of amides is 2. The molecular formula is C29H26ClN3O4. The molecule has 4 heterocycles. The molecule has 0 spiro atoms. The second-order valence-electron chi connectivity index (χ2n) is 10.5. The lowest BCUT2D eigenvalue weighted by atomic mass is 9.85. The van der Waals surface area contributed by atoms with Crippen LogP contribution in [0.25, 0.3) is 16.5 Å². The Kier molecular flexibility index (Phi) is 4.96. The van der Waals surface area contributed by atoms with E-state index < -0.39 is 17.6 Å². The van der Waals surface area contributed by atoms with Crippen LogP contribution >= 0.6 is 11.6 Å². The van der Waals surface area contributed by atoms with Crippen molar-refractivity contribution in [3.8, 4) is 0 Å². The monoisotopic (exact) mass is 515 g/mol. The first-order valence-electron chi connectivity index (χ1n) is 12.6. The molecule has 8 heteroatoms. The molecule has 2 amide bonds. The van der Waals surface area contributed by atoms with E-state index in [0.717, 1.165) is 16.5 Å². The van der Waals surface area contributed by atoms with Crippen LogP contribution in [-0.4, -0.2) is 40.4 Å². The molecule has 188 valence electrons. The summed E-state index contributed by atoms with van der Waals surface area (Å²) in [6.07, 6.45) is 14.5. The van der Waals surface area contributed by atoms with Gasteiger partial charge in [0.05, 0.1) is 34.9 Å². The largest absolute Gasteiger partial charge is 0.383 e. The van der Waals surface area contributed by atoms with Crippen molar-refractivity contribution in [3.63, 3.8) is 0 Å². The molecule has 3 unspecified atom stereocenters. The van der Waals surface area contributed by atoms with Gasteiger partial charge in [-0.2, -0.15) is 0 Å². The van der Waals surface area contributed by atoms with Crippen molar-refractivity contribution < 1.29 is 19.1 Å². The number of fused-ring (bicyclic) bond motifs is 3. The highest BCUT2D eigenvalue weighted by Gasteiger charge is 2.44. The summed E-state index contributed by atoms with van der Waals surface area (Å²) in [5.74, 6) is -1.52. The van der Waals surface area contributed by atoms with E-state index in [0.29, 0.717) is 28.3 Å². The second-order valence-corrected chi connectivity index (χ2v) is 10.9. The van der Waals surface area contributed by atoms with Crippen LogP contribution in [0.4, 0.5) is 0 Å². The van der Waals surface area contributed by atoms with Crippen LogP contribution in [-0.2, 0) is 19.1 Å². The van der Waals surface area contributed by atoms with Crippen molar-refractivity contribution in [2.75, 3.05) is 0 Å². The summed E-state index contributed by atoms with van der Waals surface area (Å²) >= 11 is 7.16. The molecule has 5 atom stereocenters. The molecule has 37 heavy (non-hydrogen) atoms. The van der Waals surface area contributed by atoms with Gasteiger partial charge in [0.15, 0.2) is 5.79 Å². The molecule has 1 saturated heterocycles. The van der Waals surface area contributed by atoms with Gasteiger partial charge in [0, 0.05) is 29.5 Å². The molecule has 0 bridgehead atoms. The van der Waals surface area contributed by atoms with Crippen molar-refractivity contribution in [1.82, 2.24) is 15.2 Å². The van der Waals surface area contributed by atoms with Gasteiger partial charge < -0.3 is 19.4 Å². The molecule has 7 rings (SSSR count). The Bertz CT molecular complexity index is 1520. The topological polar surface area (TPSA) is 81.6 Å². The Morgan fingerprint density at radius 1 is 1.00 bits per heavy atom. The predicted molar refractivity (Wildman–Crippen MR) is 140 cm³/mol. The van der Waals surface area contributed by atoms with E-state index in [1.807, 2.05) is 67.1 Å². The number of nitrogens with one attached hydrogen (secondary N) is 2. The molecule has 1 aromatic heterocycles. The van der Waals surface area contributed by atoms with Gasteiger partial charge in [0.2, 0.25) is 0 Å². The number of aromatic nitrogens is 1. The fourth-order valence-corrected chi connectivity index (χ4v) is 6.72. The van der Waals surface area contributed by atoms with Crippen LogP contribution in [0.5, 0.6) is 0 Å². The summed E-state index contributed by atoms with van der Waals surface area (Å²) in [5.41, 5.74) is 2.96. The Morgan fingerprint density at radius 3 is 2.65 bits per heavy atom. The number of imide groups is 1. The standard InChI is InChI=1S/C29H26ClN3O4/c1-29(2)36-21-12-11-15(13-22(21)37-29)33-20-10-6-4-8-17(20)23(26(33)30)25-24(27(34)32-28(25)35)18-14-31-19-9-5-3-7-16(18)19/h3-12,14-16,19,21-22,31H,13H2,1-2H3,(H,32,34,35)/t15?,16?,19?,21-,22+/m0/s1. The lowest BCUT2D eigenvalue weighted by Crippen LogP contribution is -2.28. The summed E-state index contributed by atoms with van der Waals surface area (Å²) in [6, 6.07) is 7.77. The molecule has 0 radical (unpaired) electrons. The Morgan fingerprint density at radius 2 is 1.78 bits per heavy atom. The van der Waals surface area contributed by atoms with Crippen molar-refractivity contribution in [3.05, 3.63) is 88.8 Å². The molecule has 1 aromatic carbocycles. The number of rotatable bonds is 3. The predicted octanol–water partition coefficient (Wildman–Crippen LogP) is 4.32. The Balaban J connectivity index is 1.39. The van der Waals surface area contributed by atoms with Crippen molar-refractivity contribution in [2.45, 2.75) is 50.3 Å². The van der Waals surface area contributed by atoms with E-state index in [1.54, 1.807) is 0 Å². The molecular weight excluding hydrogens is 490 g/mol. The van der Waals surface area contributed by atoms with E-state index in [1.165, 1.54) is 0 Å². The van der Waals surface area contributed by atoms with E-state index in [9.17, 15) is 9.59 Å². The Hall–Kier alpha value is -3.39. The number of allylic oxidation sites excluding steroid dienone is 3. The fraction of sp³-hybridized carbons (Fsp3) is 0.310. The number of benzene rings is 1. The third-order valence-electron chi connectivity index (χ3n) is 7.80. The number of nitrogens with zero attached hydrogens (tertiary/aromatic N) is 1. The maximum absolute atomic E-state index is 13.3. The van der Waals surface area contributed by atoms with Gasteiger partial charge in [0.25, 0.3) is 11.8 Å². The van der Waals surface area contributed by atoms with Gasteiger partial charge in [-0.3, -0.25) is 14.9 Å². The van der Waals surface area contributed by atoms with Gasteiger partial charge in [-0.05, 0) is 25.5 Å². The molecule has 5 aliphatic rings. The number of hydrogen-bond acceptors (Lipinski definition) is 5. The van der Waals surface area contributed by atoms with Crippen LogP contribution in [0, 0.1) is 5.92 Å². The summed E-state index contributed by atoms with van der Waals surface area (Å²) in [6.45, 7) is 3.84.